The van der Waals surface area contributed by atoms with Crippen molar-refractivity contribution in [2.45, 2.75) is 19.4 Å². The van der Waals surface area contributed by atoms with Gasteiger partial charge in [0.05, 0.1) is 0 Å². The van der Waals surface area contributed by atoms with Crippen LogP contribution in [0.3, 0.4) is 0 Å². The molecule has 0 bridgehead atoms. The zero-order valence-electron chi connectivity index (χ0n) is 8.76. The molecule has 0 aliphatic rings. The SMILES string of the molecule is C=CCCNC(C)c1cc(F)ccc1F. The Labute approximate surface area is 88.8 Å². The molecule has 0 aliphatic carbocycles. The van der Waals surface area contributed by atoms with Gasteiger partial charge in [-0.15, -0.1) is 6.58 Å². The molecule has 1 atom stereocenters. The highest BCUT2D eigenvalue weighted by Crippen LogP contribution is 2.17. The monoisotopic (exact) mass is 211 g/mol. The van der Waals surface area contributed by atoms with E-state index in [-0.39, 0.29) is 11.9 Å². The topological polar surface area (TPSA) is 12.0 Å². The largest absolute Gasteiger partial charge is 0.310 e. The molecule has 0 fully saturated rings. The van der Waals surface area contributed by atoms with Gasteiger partial charge in [0, 0.05) is 11.6 Å². The predicted molar refractivity (Wildman–Crippen MR) is 57.6 cm³/mol. The minimum Gasteiger partial charge on any atom is -0.310 e. The zero-order valence-corrected chi connectivity index (χ0v) is 8.76. The zero-order chi connectivity index (χ0) is 11.3. The minimum atomic E-state index is -0.413. The van der Waals surface area contributed by atoms with Gasteiger partial charge in [0.15, 0.2) is 0 Å². The first-order valence-electron chi connectivity index (χ1n) is 4.94. The lowest BCUT2D eigenvalue weighted by Crippen LogP contribution is -2.20. The highest BCUT2D eigenvalue weighted by Gasteiger charge is 2.10. The molecule has 0 radical (unpaired) electrons. The first kappa shape index (κ1) is 11.9. The summed E-state index contributed by atoms with van der Waals surface area (Å²) in [5.41, 5.74) is 0.360. The van der Waals surface area contributed by atoms with E-state index in [9.17, 15) is 8.78 Å². The number of hydrogen-bond acceptors (Lipinski definition) is 1. The molecule has 0 heterocycles. The summed E-state index contributed by atoms with van der Waals surface area (Å²) < 4.78 is 26.2. The maximum absolute atomic E-state index is 13.3. The van der Waals surface area contributed by atoms with Crippen LogP contribution in [0.4, 0.5) is 8.78 Å². The normalized spacial score (nSPS) is 12.5. The molecule has 3 heteroatoms. The molecule has 0 aromatic heterocycles. The number of halogens is 2. The van der Waals surface area contributed by atoms with E-state index >= 15 is 0 Å². The fourth-order valence-electron chi connectivity index (χ4n) is 1.36. The third kappa shape index (κ3) is 3.44. The van der Waals surface area contributed by atoms with Gasteiger partial charge < -0.3 is 5.32 Å². The van der Waals surface area contributed by atoms with Crippen LogP contribution in [0.25, 0.3) is 0 Å². The number of nitrogens with one attached hydrogen (secondary N) is 1. The van der Waals surface area contributed by atoms with E-state index in [0.717, 1.165) is 18.6 Å². The van der Waals surface area contributed by atoms with Gasteiger partial charge in [-0.2, -0.15) is 0 Å². The van der Waals surface area contributed by atoms with Crippen molar-refractivity contribution in [1.29, 1.82) is 0 Å². The van der Waals surface area contributed by atoms with Gasteiger partial charge in [-0.3, -0.25) is 0 Å². The summed E-state index contributed by atoms with van der Waals surface area (Å²) >= 11 is 0. The molecule has 1 N–H and O–H groups in total. The van der Waals surface area contributed by atoms with E-state index in [2.05, 4.69) is 11.9 Å². The molecule has 0 aliphatic heterocycles. The number of hydrogen-bond donors (Lipinski definition) is 1. The van der Waals surface area contributed by atoms with Gasteiger partial charge in [0.2, 0.25) is 0 Å². The summed E-state index contributed by atoms with van der Waals surface area (Å²) in [6.45, 7) is 6.10. The number of benzene rings is 1. The Hall–Kier alpha value is -1.22. The Kier molecular flexibility index (Phi) is 4.43. The molecule has 1 aromatic rings. The number of rotatable bonds is 5. The smallest absolute Gasteiger partial charge is 0.128 e. The van der Waals surface area contributed by atoms with Gasteiger partial charge in [0.1, 0.15) is 11.6 Å². The molecule has 1 aromatic carbocycles. The average molecular weight is 211 g/mol. The molecular formula is C12H15F2N. The summed E-state index contributed by atoms with van der Waals surface area (Å²) in [4.78, 5) is 0. The summed E-state index contributed by atoms with van der Waals surface area (Å²) in [5.74, 6) is -0.793. The van der Waals surface area contributed by atoms with Gasteiger partial charge in [0.25, 0.3) is 0 Å². The lowest BCUT2D eigenvalue weighted by Gasteiger charge is -2.14. The first-order valence-corrected chi connectivity index (χ1v) is 4.94. The molecule has 0 saturated heterocycles. The Morgan fingerprint density at radius 3 is 2.87 bits per heavy atom. The van der Waals surface area contributed by atoms with Crippen molar-refractivity contribution >= 4 is 0 Å². The molecule has 1 rings (SSSR count). The van der Waals surface area contributed by atoms with Crippen LogP contribution in [0.1, 0.15) is 24.9 Å². The van der Waals surface area contributed by atoms with Crippen LogP contribution in [-0.2, 0) is 0 Å². The molecule has 82 valence electrons. The quantitative estimate of drug-likeness (QED) is 0.582. The van der Waals surface area contributed by atoms with Crippen molar-refractivity contribution in [3.05, 3.63) is 48.1 Å². The van der Waals surface area contributed by atoms with Crippen LogP contribution < -0.4 is 5.32 Å². The Morgan fingerprint density at radius 1 is 1.47 bits per heavy atom. The highest BCUT2D eigenvalue weighted by molar-refractivity contribution is 5.21. The Balaban J connectivity index is 2.67. The predicted octanol–water partition coefficient (Wildman–Crippen LogP) is 3.19. The van der Waals surface area contributed by atoms with Gasteiger partial charge in [-0.1, -0.05) is 6.08 Å². The van der Waals surface area contributed by atoms with Crippen molar-refractivity contribution in [1.82, 2.24) is 5.32 Å². The minimum absolute atomic E-state index is 0.194. The van der Waals surface area contributed by atoms with Crippen LogP contribution in [-0.4, -0.2) is 6.54 Å². The second kappa shape index (κ2) is 5.61. The summed E-state index contributed by atoms with van der Waals surface area (Å²) in [7, 11) is 0. The molecule has 0 spiro atoms. The second-order valence-electron chi connectivity index (χ2n) is 3.42. The molecular weight excluding hydrogens is 196 g/mol. The van der Waals surface area contributed by atoms with E-state index in [1.165, 1.54) is 6.07 Å². The fourth-order valence-corrected chi connectivity index (χ4v) is 1.36. The van der Waals surface area contributed by atoms with Crippen LogP contribution in [0.5, 0.6) is 0 Å². The lowest BCUT2D eigenvalue weighted by molar-refractivity contribution is 0.523. The van der Waals surface area contributed by atoms with E-state index in [0.29, 0.717) is 12.1 Å². The van der Waals surface area contributed by atoms with E-state index < -0.39 is 5.82 Å². The summed E-state index contributed by atoms with van der Waals surface area (Å²) in [6, 6.07) is 3.30. The fraction of sp³-hybridized carbons (Fsp3) is 0.333. The van der Waals surface area contributed by atoms with Gasteiger partial charge >= 0.3 is 0 Å². The third-order valence-corrected chi connectivity index (χ3v) is 2.22. The molecule has 0 saturated carbocycles. The van der Waals surface area contributed by atoms with Crippen LogP contribution in [0.2, 0.25) is 0 Å². The Bertz CT molecular complexity index is 336. The van der Waals surface area contributed by atoms with Crippen LogP contribution >= 0.6 is 0 Å². The maximum atomic E-state index is 13.3. The summed E-state index contributed by atoms with van der Waals surface area (Å²) in [5, 5.41) is 3.09. The standard InChI is InChI=1S/C12H15F2N/c1-3-4-7-15-9(2)11-8-10(13)5-6-12(11)14/h3,5-6,8-9,15H,1,4,7H2,2H3. The van der Waals surface area contributed by atoms with Crippen LogP contribution in [0.15, 0.2) is 30.9 Å². The molecule has 1 nitrogen and oxygen atoms in total. The molecule has 1 unspecified atom stereocenters. The van der Waals surface area contributed by atoms with Crippen molar-refractivity contribution in [3.63, 3.8) is 0 Å². The maximum Gasteiger partial charge on any atom is 0.128 e. The molecule has 15 heavy (non-hydrogen) atoms. The first-order chi connectivity index (χ1) is 7.15. The van der Waals surface area contributed by atoms with Gasteiger partial charge in [-0.05, 0) is 38.1 Å². The average Bonchev–Trinajstić information content (AvgIpc) is 2.22. The van der Waals surface area contributed by atoms with E-state index in [1.807, 2.05) is 0 Å². The van der Waals surface area contributed by atoms with Crippen molar-refractivity contribution < 1.29 is 8.78 Å². The lowest BCUT2D eigenvalue weighted by atomic mass is 10.1. The second-order valence-corrected chi connectivity index (χ2v) is 3.42. The molecule has 0 amide bonds. The van der Waals surface area contributed by atoms with Gasteiger partial charge in [-0.25, -0.2) is 8.78 Å². The highest BCUT2D eigenvalue weighted by atomic mass is 19.1. The van der Waals surface area contributed by atoms with Crippen molar-refractivity contribution in [2.75, 3.05) is 6.54 Å². The van der Waals surface area contributed by atoms with Crippen molar-refractivity contribution in [3.8, 4) is 0 Å². The van der Waals surface area contributed by atoms with Crippen LogP contribution in [0, 0.1) is 11.6 Å². The van der Waals surface area contributed by atoms with Crippen molar-refractivity contribution in [2.24, 2.45) is 0 Å². The summed E-state index contributed by atoms with van der Waals surface area (Å²) in [6.07, 6.45) is 2.59. The Morgan fingerprint density at radius 2 is 2.20 bits per heavy atom. The third-order valence-electron chi connectivity index (χ3n) is 2.22. The van der Waals surface area contributed by atoms with E-state index in [4.69, 9.17) is 0 Å². The van der Waals surface area contributed by atoms with E-state index in [1.54, 1.807) is 13.0 Å².